The Morgan fingerprint density at radius 3 is 2.77 bits per heavy atom. The van der Waals surface area contributed by atoms with Gasteiger partial charge in [-0.25, -0.2) is 4.98 Å². The van der Waals surface area contributed by atoms with Gasteiger partial charge in [-0.05, 0) is 49.4 Å². The molecule has 0 spiro atoms. The highest BCUT2D eigenvalue weighted by Gasteiger charge is 2.23. The second-order valence-electron chi connectivity index (χ2n) is 6.45. The van der Waals surface area contributed by atoms with Gasteiger partial charge in [0.15, 0.2) is 0 Å². The molecular weight excluding hydrogens is 272 g/mol. The number of fused-ring (bicyclic) bond motifs is 3. The zero-order valence-corrected chi connectivity index (χ0v) is 13.1. The summed E-state index contributed by atoms with van der Waals surface area (Å²) in [5.41, 5.74) is 6.03. The van der Waals surface area contributed by atoms with Gasteiger partial charge in [0, 0.05) is 17.7 Å². The highest BCUT2D eigenvalue weighted by atomic mass is 16.5. The molecule has 0 radical (unpaired) electrons. The number of benzene rings is 1. The maximum atomic E-state index is 5.35. The molecule has 0 unspecified atom stereocenters. The Labute approximate surface area is 131 Å². The van der Waals surface area contributed by atoms with Crippen LogP contribution in [-0.2, 0) is 12.8 Å². The molecule has 1 fully saturated rings. The number of hydrogen-bond acceptors (Lipinski definition) is 3. The van der Waals surface area contributed by atoms with Crippen molar-refractivity contribution in [2.45, 2.75) is 50.9 Å². The first kappa shape index (κ1) is 13.7. The summed E-state index contributed by atoms with van der Waals surface area (Å²) in [7, 11) is 1.72. The van der Waals surface area contributed by atoms with Gasteiger partial charge in [-0.1, -0.05) is 19.3 Å². The first-order valence-corrected chi connectivity index (χ1v) is 8.38. The van der Waals surface area contributed by atoms with Crippen LogP contribution in [0.25, 0.3) is 11.3 Å². The van der Waals surface area contributed by atoms with Crippen LogP contribution in [0, 0.1) is 0 Å². The van der Waals surface area contributed by atoms with Gasteiger partial charge in [-0.2, -0.15) is 0 Å². The summed E-state index contributed by atoms with van der Waals surface area (Å²) in [6.45, 7) is 0. The largest absolute Gasteiger partial charge is 0.497 e. The Bertz CT molecular complexity index is 690. The average molecular weight is 294 g/mol. The normalized spacial score (nSPS) is 17.7. The molecule has 0 N–H and O–H groups in total. The van der Waals surface area contributed by atoms with Crippen molar-refractivity contribution in [3.63, 3.8) is 0 Å². The molecule has 3 nitrogen and oxygen atoms in total. The van der Waals surface area contributed by atoms with Gasteiger partial charge in [-0.3, -0.25) is 4.98 Å². The molecule has 0 aliphatic heterocycles. The predicted octanol–water partition coefficient (Wildman–Crippen LogP) is 4.30. The summed E-state index contributed by atoms with van der Waals surface area (Å²) in [6.07, 6.45) is 10.6. The summed E-state index contributed by atoms with van der Waals surface area (Å²) in [4.78, 5) is 9.77. The smallest absolute Gasteiger partial charge is 0.119 e. The minimum atomic E-state index is 0.607. The van der Waals surface area contributed by atoms with Gasteiger partial charge in [0.1, 0.15) is 5.75 Å². The molecule has 0 amide bonds. The number of rotatable bonds is 2. The maximum Gasteiger partial charge on any atom is 0.119 e. The van der Waals surface area contributed by atoms with Crippen molar-refractivity contribution in [3.05, 3.63) is 41.3 Å². The molecule has 4 rings (SSSR count). The van der Waals surface area contributed by atoms with Crippen LogP contribution in [0.1, 0.15) is 55.0 Å². The molecule has 1 aromatic heterocycles. The van der Waals surface area contributed by atoms with Gasteiger partial charge < -0.3 is 4.74 Å². The van der Waals surface area contributed by atoms with E-state index >= 15 is 0 Å². The number of aromatic nitrogens is 2. The molecule has 0 atom stereocenters. The van der Waals surface area contributed by atoms with E-state index in [1.54, 1.807) is 7.11 Å². The fraction of sp³-hybridized carbons (Fsp3) is 0.474. The molecule has 2 aromatic rings. The highest BCUT2D eigenvalue weighted by molar-refractivity contribution is 5.69. The third kappa shape index (κ3) is 2.39. The molecule has 114 valence electrons. The summed E-state index contributed by atoms with van der Waals surface area (Å²) in [5, 5.41) is 0. The highest BCUT2D eigenvalue weighted by Crippen LogP contribution is 2.36. The standard InChI is InChI=1S/C19H22N2O/c1-22-15-8-9-16-14(11-15)7-10-17-19(16)21-18(12-20-17)13-5-3-2-4-6-13/h8-9,11-13H,2-7,10H2,1H3. The van der Waals surface area contributed by atoms with Crippen molar-refractivity contribution in [2.24, 2.45) is 0 Å². The average Bonchev–Trinajstić information content (AvgIpc) is 2.61. The lowest BCUT2D eigenvalue weighted by Crippen LogP contribution is -2.13. The number of nitrogens with zero attached hydrogens (tertiary/aromatic N) is 2. The van der Waals surface area contributed by atoms with Crippen molar-refractivity contribution < 1.29 is 4.74 Å². The van der Waals surface area contributed by atoms with Crippen LogP contribution in [0.15, 0.2) is 24.4 Å². The zero-order valence-electron chi connectivity index (χ0n) is 13.1. The van der Waals surface area contributed by atoms with Crippen molar-refractivity contribution in [3.8, 4) is 17.0 Å². The van der Waals surface area contributed by atoms with E-state index in [-0.39, 0.29) is 0 Å². The third-order valence-corrected chi connectivity index (χ3v) is 5.09. The van der Waals surface area contributed by atoms with Crippen molar-refractivity contribution in [1.82, 2.24) is 9.97 Å². The van der Waals surface area contributed by atoms with E-state index in [0.29, 0.717) is 5.92 Å². The summed E-state index contributed by atoms with van der Waals surface area (Å²) >= 11 is 0. The van der Waals surface area contributed by atoms with E-state index in [0.717, 1.165) is 30.0 Å². The van der Waals surface area contributed by atoms with Crippen molar-refractivity contribution >= 4 is 0 Å². The number of aryl methyl sites for hydroxylation is 2. The molecular formula is C19H22N2O. The minimum Gasteiger partial charge on any atom is -0.497 e. The summed E-state index contributed by atoms with van der Waals surface area (Å²) < 4.78 is 5.35. The topological polar surface area (TPSA) is 35.0 Å². The lowest BCUT2D eigenvalue weighted by molar-refractivity contribution is 0.414. The quantitative estimate of drug-likeness (QED) is 0.828. The number of hydrogen-bond donors (Lipinski definition) is 0. The Morgan fingerprint density at radius 1 is 1.09 bits per heavy atom. The SMILES string of the molecule is COc1ccc2c(c1)CCc1ncc(C3CCCCC3)nc1-2. The van der Waals surface area contributed by atoms with Gasteiger partial charge in [0.25, 0.3) is 0 Å². The van der Waals surface area contributed by atoms with Gasteiger partial charge in [0.2, 0.25) is 0 Å². The Kier molecular flexibility index (Phi) is 3.57. The van der Waals surface area contributed by atoms with Crippen molar-refractivity contribution in [1.29, 1.82) is 0 Å². The number of methoxy groups -OCH3 is 1. The Balaban J connectivity index is 1.74. The fourth-order valence-corrected chi connectivity index (χ4v) is 3.81. The molecule has 1 saturated carbocycles. The summed E-state index contributed by atoms with van der Waals surface area (Å²) in [6, 6.07) is 6.32. The van der Waals surface area contributed by atoms with Gasteiger partial charge in [0.05, 0.1) is 24.2 Å². The molecule has 2 aliphatic carbocycles. The Morgan fingerprint density at radius 2 is 1.95 bits per heavy atom. The molecule has 2 aliphatic rings. The van der Waals surface area contributed by atoms with Crippen LogP contribution in [0.3, 0.4) is 0 Å². The van der Waals surface area contributed by atoms with E-state index in [9.17, 15) is 0 Å². The molecule has 1 heterocycles. The third-order valence-electron chi connectivity index (χ3n) is 5.09. The predicted molar refractivity (Wildman–Crippen MR) is 87.3 cm³/mol. The molecule has 0 saturated heterocycles. The van der Waals surface area contributed by atoms with Gasteiger partial charge in [-0.15, -0.1) is 0 Å². The van der Waals surface area contributed by atoms with Crippen molar-refractivity contribution in [2.75, 3.05) is 7.11 Å². The Hall–Kier alpha value is -1.90. The van der Waals surface area contributed by atoms with E-state index in [1.165, 1.54) is 48.9 Å². The monoisotopic (exact) mass is 294 g/mol. The van der Waals surface area contributed by atoms with Gasteiger partial charge >= 0.3 is 0 Å². The van der Waals surface area contributed by atoms with E-state index in [2.05, 4.69) is 12.1 Å². The second-order valence-corrected chi connectivity index (χ2v) is 6.45. The van der Waals surface area contributed by atoms with Crippen LogP contribution < -0.4 is 4.74 Å². The second kappa shape index (κ2) is 5.71. The van der Waals surface area contributed by atoms with Crippen LogP contribution >= 0.6 is 0 Å². The lowest BCUT2D eigenvalue weighted by atomic mass is 9.86. The zero-order chi connectivity index (χ0) is 14.9. The fourth-order valence-electron chi connectivity index (χ4n) is 3.81. The summed E-state index contributed by atoms with van der Waals surface area (Å²) in [5.74, 6) is 1.54. The van der Waals surface area contributed by atoms with E-state index < -0.39 is 0 Å². The minimum absolute atomic E-state index is 0.607. The van der Waals surface area contributed by atoms with E-state index in [1.807, 2.05) is 12.3 Å². The first-order chi connectivity index (χ1) is 10.8. The maximum absolute atomic E-state index is 5.35. The van der Waals surface area contributed by atoms with Crippen LogP contribution in [0.5, 0.6) is 5.75 Å². The molecule has 0 bridgehead atoms. The lowest BCUT2D eigenvalue weighted by Gasteiger charge is -2.24. The molecule has 3 heteroatoms. The number of ether oxygens (including phenoxy) is 1. The molecule has 1 aromatic carbocycles. The van der Waals surface area contributed by atoms with E-state index in [4.69, 9.17) is 14.7 Å². The van der Waals surface area contributed by atoms with Crippen LogP contribution in [-0.4, -0.2) is 17.1 Å². The van der Waals surface area contributed by atoms with Crippen LogP contribution in [0.2, 0.25) is 0 Å². The first-order valence-electron chi connectivity index (χ1n) is 8.38. The van der Waals surface area contributed by atoms with Crippen LogP contribution in [0.4, 0.5) is 0 Å². The molecule has 22 heavy (non-hydrogen) atoms.